The van der Waals surface area contributed by atoms with E-state index in [0.717, 1.165) is 5.57 Å². The third-order valence-electron chi connectivity index (χ3n) is 2.17. The van der Waals surface area contributed by atoms with Crippen LogP contribution in [0.15, 0.2) is 12.2 Å². The summed E-state index contributed by atoms with van der Waals surface area (Å²) in [5.74, 6) is 0. The van der Waals surface area contributed by atoms with Crippen LogP contribution in [0, 0.1) is 0 Å². The molecule has 0 saturated carbocycles. The first kappa shape index (κ1) is 13.0. The van der Waals surface area contributed by atoms with E-state index in [0.29, 0.717) is 46.1 Å². The zero-order valence-electron chi connectivity index (χ0n) is 9.83. The Morgan fingerprint density at radius 2 is 2.19 bits per heavy atom. The van der Waals surface area contributed by atoms with Crippen molar-refractivity contribution in [3.8, 4) is 0 Å². The molecule has 1 rings (SSSR count). The van der Waals surface area contributed by atoms with Crippen LogP contribution in [0.3, 0.4) is 0 Å². The van der Waals surface area contributed by atoms with Crippen molar-refractivity contribution in [3.63, 3.8) is 0 Å². The molecule has 0 aromatic carbocycles. The Labute approximate surface area is 96.4 Å². The van der Waals surface area contributed by atoms with E-state index in [1.807, 2.05) is 6.92 Å². The van der Waals surface area contributed by atoms with Crippen LogP contribution < -0.4 is 5.32 Å². The third kappa shape index (κ3) is 5.14. The number of nitrogens with one attached hydrogen (secondary N) is 1. The monoisotopic (exact) mass is 228 g/mol. The molecule has 5 nitrogen and oxygen atoms in total. The lowest BCUT2D eigenvalue weighted by Crippen LogP contribution is -2.46. The molecule has 0 radical (unpaired) electrons. The minimum absolute atomic E-state index is 0.0396. The molecular formula is C11H20N2O3. The molecular weight excluding hydrogens is 208 g/mol. The number of morpholine rings is 1. The lowest BCUT2D eigenvalue weighted by Gasteiger charge is -2.26. The summed E-state index contributed by atoms with van der Waals surface area (Å²) in [6.45, 7) is 9.81. The van der Waals surface area contributed by atoms with Crippen molar-refractivity contribution in [3.05, 3.63) is 12.2 Å². The van der Waals surface area contributed by atoms with Crippen LogP contribution in [0.5, 0.6) is 0 Å². The van der Waals surface area contributed by atoms with E-state index in [-0.39, 0.29) is 6.03 Å². The normalized spacial score (nSPS) is 15.9. The Morgan fingerprint density at radius 3 is 2.81 bits per heavy atom. The topological polar surface area (TPSA) is 50.8 Å². The zero-order valence-corrected chi connectivity index (χ0v) is 9.83. The fourth-order valence-corrected chi connectivity index (χ4v) is 1.35. The summed E-state index contributed by atoms with van der Waals surface area (Å²) in [6.07, 6.45) is 0. The Balaban J connectivity index is 2.03. The fraction of sp³-hybridized carbons (Fsp3) is 0.727. The van der Waals surface area contributed by atoms with Gasteiger partial charge in [0, 0.05) is 19.6 Å². The van der Waals surface area contributed by atoms with Gasteiger partial charge < -0.3 is 19.7 Å². The highest BCUT2D eigenvalue weighted by atomic mass is 16.5. The van der Waals surface area contributed by atoms with Crippen molar-refractivity contribution in [2.24, 2.45) is 0 Å². The highest BCUT2D eigenvalue weighted by Crippen LogP contribution is 1.96. The smallest absolute Gasteiger partial charge is 0.317 e. The number of urea groups is 1. The molecule has 0 spiro atoms. The van der Waals surface area contributed by atoms with Crippen LogP contribution in [0.1, 0.15) is 6.92 Å². The van der Waals surface area contributed by atoms with E-state index in [1.165, 1.54) is 0 Å². The Kier molecular flexibility index (Phi) is 5.88. The largest absolute Gasteiger partial charge is 0.378 e. The highest BCUT2D eigenvalue weighted by molar-refractivity contribution is 5.74. The van der Waals surface area contributed by atoms with Crippen LogP contribution in [-0.4, -0.2) is 57.0 Å². The second-order valence-corrected chi connectivity index (χ2v) is 3.84. The molecule has 0 atom stereocenters. The maximum Gasteiger partial charge on any atom is 0.317 e. The molecule has 0 aromatic heterocycles. The number of carbonyl (C=O) groups excluding carboxylic acids is 1. The zero-order chi connectivity index (χ0) is 11.8. The predicted molar refractivity (Wildman–Crippen MR) is 61.4 cm³/mol. The van der Waals surface area contributed by atoms with Crippen LogP contribution in [0.4, 0.5) is 4.79 Å². The lowest BCUT2D eigenvalue weighted by molar-refractivity contribution is 0.0525. The summed E-state index contributed by atoms with van der Waals surface area (Å²) in [4.78, 5) is 13.3. The number of ether oxygens (including phenoxy) is 2. The van der Waals surface area contributed by atoms with Crippen molar-refractivity contribution < 1.29 is 14.3 Å². The van der Waals surface area contributed by atoms with E-state index >= 15 is 0 Å². The van der Waals surface area contributed by atoms with Gasteiger partial charge in [0.25, 0.3) is 0 Å². The summed E-state index contributed by atoms with van der Waals surface area (Å²) in [5.41, 5.74) is 0.986. The first-order valence-electron chi connectivity index (χ1n) is 5.53. The molecule has 1 aliphatic heterocycles. The molecule has 0 aromatic rings. The Hall–Kier alpha value is -1.07. The van der Waals surface area contributed by atoms with E-state index in [4.69, 9.17) is 9.47 Å². The van der Waals surface area contributed by atoms with Gasteiger partial charge in [-0.15, -0.1) is 0 Å². The number of carbonyl (C=O) groups is 1. The number of rotatable bonds is 5. The quantitative estimate of drug-likeness (QED) is 0.554. The van der Waals surface area contributed by atoms with E-state index in [2.05, 4.69) is 11.9 Å². The number of hydrogen-bond donors (Lipinski definition) is 1. The SMILES string of the molecule is C=C(C)COCCNC(=O)N1CCOCC1. The van der Waals surface area contributed by atoms with E-state index in [9.17, 15) is 4.79 Å². The van der Waals surface area contributed by atoms with Gasteiger partial charge in [0.15, 0.2) is 0 Å². The molecule has 0 unspecified atom stereocenters. The second kappa shape index (κ2) is 7.24. The Bertz CT molecular complexity index is 237. The van der Waals surface area contributed by atoms with Gasteiger partial charge in [-0.05, 0) is 6.92 Å². The van der Waals surface area contributed by atoms with E-state index in [1.54, 1.807) is 4.90 Å². The number of hydrogen-bond acceptors (Lipinski definition) is 3. The van der Waals surface area contributed by atoms with Gasteiger partial charge in [-0.25, -0.2) is 4.79 Å². The second-order valence-electron chi connectivity index (χ2n) is 3.84. The van der Waals surface area contributed by atoms with Gasteiger partial charge in [-0.3, -0.25) is 0 Å². The van der Waals surface area contributed by atoms with E-state index < -0.39 is 0 Å². The van der Waals surface area contributed by atoms with Gasteiger partial charge >= 0.3 is 6.03 Å². The molecule has 1 aliphatic rings. The summed E-state index contributed by atoms with van der Waals surface area (Å²) >= 11 is 0. The average molecular weight is 228 g/mol. The fourth-order valence-electron chi connectivity index (χ4n) is 1.35. The number of nitrogens with zero attached hydrogens (tertiary/aromatic N) is 1. The van der Waals surface area contributed by atoms with Crippen molar-refractivity contribution in [2.75, 3.05) is 46.1 Å². The minimum Gasteiger partial charge on any atom is -0.378 e. The van der Waals surface area contributed by atoms with Crippen molar-refractivity contribution in [2.45, 2.75) is 6.92 Å². The van der Waals surface area contributed by atoms with Crippen LogP contribution in [-0.2, 0) is 9.47 Å². The van der Waals surface area contributed by atoms with Gasteiger partial charge in [0.2, 0.25) is 0 Å². The third-order valence-corrected chi connectivity index (χ3v) is 2.17. The average Bonchev–Trinajstić information content (AvgIpc) is 2.29. The highest BCUT2D eigenvalue weighted by Gasteiger charge is 2.15. The maximum absolute atomic E-state index is 11.6. The molecule has 0 aliphatic carbocycles. The van der Waals surface area contributed by atoms with Gasteiger partial charge in [0.1, 0.15) is 0 Å². The summed E-state index contributed by atoms with van der Waals surface area (Å²) in [6, 6.07) is -0.0396. The summed E-state index contributed by atoms with van der Waals surface area (Å²) in [7, 11) is 0. The van der Waals surface area contributed by atoms with Gasteiger partial charge in [-0.1, -0.05) is 12.2 Å². The molecule has 2 amide bonds. The summed E-state index contributed by atoms with van der Waals surface area (Å²) in [5, 5.41) is 2.80. The molecule has 16 heavy (non-hydrogen) atoms. The molecule has 0 bridgehead atoms. The molecule has 1 saturated heterocycles. The van der Waals surface area contributed by atoms with Crippen LogP contribution in [0.25, 0.3) is 0 Å². The van der Waals surface area contributed by atoms with Crippen molar-refractivity contribution in [1.82, 2.24) is 10.2 Å². The van der Waals surface area contributed by atoms with Gasteiger partial charge in [0.05, 0.1) is 26.4 Å². The predicted octanol–water partition coefficient (Wildman–Crippen LogP) is 0.621. The van der Waals surface area contributed by atoms with Crippen molar-refractivity contribution in [1.29, 1.82) is 0 Å². The number of amides is 2. The van der Waals surface area contributed by atoms with Crippen LogP contribution in [0.2, 0.25) is 0 Å². The first-order valence-corrected chi connectivity index (χ1v) is 5.53. The maximum atomic E-state index is 11.6. The standard InChI is InChI=1S/C11H20N2O3/c1-10(2)9-16-6-3-12-11(14)13-4-7-15-8-5-13/h1,3-9H2,2H3,(H,12,14). The Morgan fingerprint density at radius 1 is 1.50 bits per heavy atom. The van der Waals surface area contributed by atoms with Crippen LogP contribution >= 0.6 is 0 Å². The molecule has 92 valence electrons. The lowest BCUT2D eigenvalue weighted by atomic mass is 10.4. The van der Waals surface area contributed by atoms with Crippen molar-refractivity contribution >= 4 is 6.03 Å². The molecule has 5 heteroatoms. The molecule has 1 heterocycles. The molecule has 1 N–H and O–H groups in total. The minimum atomic E-state index is -0.0396. The molecule has 1 fully saturated rings. The summed E-state index contributed by atoms with van der Waals surface area (Å²) < 4.78 is 10.4. The first-order chi connectivity index (χ1) is 7.70. The van der Waals surface area contributed by atoms with Gasteiger partial charge in [-0.2, -0.15) is 0 Å².